The molecule has 4 nitrogen and oxygen atoms in total. The minimum atomic E-state index is 0.750. The Morgan fingerprint density at radius 1 is 1.22 bits per heavy atom. The van der Waals surface area contributed by atoms with E-state index in [4.69, 9.17) is 0 Å². The zero-order valence-corrected chi connectivity index (χ0v) is 10.2. The molecule has 0 atom stereocenters. The molecule has 0 aliphatic rings. The van der Waals surface area contributed by atoms with Crippen LogP contribution in [0.4, 0.5) is 5.69 Å². The minimum absolute atomic E-state index is 0.750. The Kier molecular flexibility index (Phi) is 2.68. The Hall–Kier alpha value is -2.36. The second kappa shape index (κ2) is 4.49. The highest BCUT2D eigenvalue weighted by Gasteiger charge is 2.02. The summed E-state index contributed by atoms with van der Waals surface area (Å²) in [7, 11) is 1.91. The van der Waals surface area contributed by atoms with Gasteiger partial charge in [0.15, 0.2) is 0 Å². The Morgan fingerprint density at radius 2 is 2.11 bits per heavy atom. The summed E-state index contributed by atoms with van der Waals surface area (Å²) in [5.74, 6) is 0. The van der Waals surface area contributed by atoms with Gasteiger partial charge in [-0.15, -0.1) is 0 Å². The van der Waals surface area contributed by atoms with E-state index in [0.29, 0.717) is 0 Å². The molecule has 4 heteroatoms. The van der Waals surface area contributed by atoms with E-state index in [1.165, 1.54) is 10.9 Å². The first-order valence-electron chi connectivity index (χ1n) is 5.88. The van der Waals surface area contributed by atoms with Crippen LogP contribution < -0.4 is 5.32 Å². The van der Waals surface area contributed by atoms with Gasteiger partial charge in [0, 0.05) is 31.4 Å². The fourth-order valence-electron chi connectivity index (χ4n) is 2.02. The lowest BCUT2D eigenvalue weighted by atomic mass is 10.1. The third kappa shape index (κ3) is 2.05. The smallest absolute Gasteiger partial charge is 0.0751 e. The summed E-state index contributed by atoms with van der Waals surface area (Å²) in [6.07, 6.45) is 5.60. The van der Waals surface area contributed by atoms with Gasteiger partial charge in [0.05, 0.1) is 17.4 Å². The highest BCUT2D eigenvalue weighted by molar-refractivity contribution is 5.81. The third-order valence-electron chi connectivity index (χ3n) is 2.90. The number of aryl methyl sites for hydroxylation is 1. The number of aromatic nitrogens is 3. The van der Waals surface area contributed by atoms with E-state index in [0.717, 1.165) is 17.7 Å². The zero-order chi connectivity index (χ0) is 12.4. The molecule has 0 aliphatic carbocycles. The Bertz CT molecular complexity index is 667. The number of para-hydroxylation sites is 1. The van der Waals surface area contributed by atoms with E-state index in [9.17, 15) is 0 Å². The minimum Gasteiger partial charge on any atom is -0.378 e. The van der Waals surface area contributed by atoms with Crippen LogP contribution in [0.5, 0.6) is 0 Å². The molecular formula is C14H14N4. The molecule has 0 unspecified atom stereocenters. The second-order valence-electron chi connectivity index (χ2n) is 4.25. The van der Waals surface area contributed by atoms with E-state index in [2.05, 4.69) is 39.7 Å². The van der Waals surface area contributed by atoms with Crippen LogP contribution in [0.15, 0.2) is 48.9 Å². The van der Waals surface area contributed by atoms with E-state index < -0.39 is 0 Å². The summed E-state index contributed by atoms with van der Waals surface area (Å²) in [6.45, 7) is 0.750. The number of anilines is 1. The molecular weight excluding hydrogens is 224 g/mol. The maximum atomic E-state index is 4.44. The molecule has 1 aromatic carbocycles. The van der Waals surface area contributed by atoms with Crippen LogP contribution in [0.3, 0.4) is 0 Å². The van der Waals surface area contributed by atoms with Gasteiger partial charge in [-0.2, -0.15) is 5.10 Å². The maximum Gasteiger partial charge on any atom is 0.0751 e. The standard InChI is InChI=1S/C14H14N4/c1-18-10-13(9-17-18)16-8-12-5-2-4-11-6-3-7-15-14(11)12/h2-7,9-10,16H,8H2,1H3. The van der Waals surface area contributed by atoms with Gasteiger partial charge in [-0.3, -0.25) is 9.67 Å². The lowest BCUT2D eigenvalue weighted by Gasteiger charge is -2.06. The summed E-state index contributed by atoms with van der Waals surface area (Å²) < 4.78 is 1.78. The molecule has 2 heterocycles. The predicted octanol–water partition coefficient (Wildman–Crippen LogP) is 2.58. The molecule has 0 spiro atoms. The molecule has 0 radical (unpaired) electrons. The quantitative estimate of drug-likeness (QED) is 0.762. The molecule has 0 aliphatic heterocycles. The van der Waals surface area contributed by atoms with Crippen molar-refractivity contribution in [3.8, 4) is 0 Å². The van der Waals surface area contributed by atoms with Crippen LogP contribution in [0, 0.1) is 0 Å². The largest absolute Gasteiger partial charge is 0.378 e. The third-order valence-corrected chi connectivity index (χ3v) is 2.90. The number of hydrogen-bond acceptors (Lipinski definition) is 3. The topological polar surface area (TPSA) is 42.7 Å². The molecule has 90 valence electrons. The lowest BCUT2D eigenvalue weighted by Crippen LogP contribution is -2.00. The first-order chi connectivity index (χ1) is 8.83. The van der Waals surface area contributed by atoms with Crippen molar-refractivity contribution in [3.05, 3.63) is 54.5 Å². The molecule has 0 bridgehead atoms. The number of fused-ring (bicyclic) bond motifs is 1. The van der Waals surface area contributed by atoms with Crippen molar-refractivity contribution in [2.75, 3.05) is 5.32 Å². The van der Waals surface area contributed by atoms with Gasteiger partial charge in [-0.25, -0.2) is 0 Å². The number of nitrogens with zero attached hydrogens (tertiary/aromatic N) is 3. The van der Waals surface area contributed by atoms with Gasteiger partial charge in [-0.1, -0.05) is 24.3 Å². The van der Waals surface area contributed by atoms with Gasteiger partial charge < -0.3 is 5.32 Å². The highest BCUT2D eigenvalue weighted by atomic mass is 15.3. The average molecular weight is 238 g/mol. The Labute approximate surface area is 105 Å². The summed E-state index contributed by atoms with van der Waals surface area (Å²) >= 11 is 0. The molecule has 18 heavy (non-hydrogen) atoms. The molecule has 0 fully saturated rings. The molecule has 1 N–H and O–H groups in total. The average Bonchev–Trinajstić information content (AvgIpc) is 2.82. The van der Waals surface area contributed by atoms with Crippen LogP contribution in [-0.2, 0) is 13.6 Å². The predicted molar refractivity (Wildman–Crippen MR) is 72.3 cm³/mol. The summed E-state index contributed by atoms with van der Waals surface area (Å²) in [5.41, 5.74) is 3.26. The van der Waals surface area contributed by atoms with Crippen LogP contribution in [0.2, 0.25) is 0 Å². The Balaban J connectivity index is 1.86. The normalized spacial score (nSPS) is 10.7. The van der Waals surface area contributed by atoms with E-state index in [1.807, 2.05) is 31.7 Å². The number of rotatable bonds is 3. The van der Waals surface area contributed by atoms with Crippen molar-refractivity contribution in [1.29, 1.82) is 0 Å². The molecule has 2 aromatic heterocycles. The first kappa shape index (κ1) is 10.8. The van der Waals surface area contributed by atoms with Crippen molar-refractivity contribution in [1.82, 2.24) is 14.8 Å². The van der Waals surface area contributed by atoms with Crippen LogP contribution >= 0.6 is 0 Å². The molecule has 3 rings (SSSR count). The van der Waals surface area contributed by atoms with Crippen molar-refractivity contribution < 1.29 is 0 Å². The number of nitrogens with one attached hydrogen (secondary N) is 1. The van der Waals surface area contributed by atoms with Crippen LogP contribution in [-0.4, -0.2) is 14.8 Å². The molecule has 0 saturated heterocycles. The fourth-order valence-corrected chi connectivity index (χ4v) is 2.02. The number of hydrogen-bond donors (Lipinski definition) is 1. The van der Waals surface area contributed by atoms with E-state index in [1.54, 1.807) is 4.68 Å². The van der Waals surface area contributed by atoms with Crippen molar-refractivity contribution in [2.45, 2.75) is 6.54 Å². The number of pyridine rings is 1. The van der Waals surface area contributed by atoms with Crippen molar-refractivity contribution in [3.63, 3.8) is 0 Å². The number of benzene rings is 1. The zero-order valence-electron chi connectivity index (χ0n) is 10.2. The second-order valence-corrected chi connectivity index (χ2v) is 4.25. The van der Waals surface area contributed by atoms with Gasteiger partial charge >= 0.3 is 0 Å². The van der Waals surface area contributed by atoms with Gasteiger partial charge in [-0.05, 0) is 11.6 Å². The molecule has 0 amide bonds. The molecule has 0 saturated carbocycles. The van der Waals surface area contributed by atoms with Crippen LogP contribution in [0.1, 0.15) is 5.56 Å². The van der Waals surface area contributed by atoms with Crippen molar-refractivity contribution >= 4 is 16.6 Å². The monoisotopic (exact) mass is 238 g/mol. The summed E-state index contributed by atoms with van der Waals surface area (Å²) in [5, 5.41) is 8.65. The van der Waals surface area contributed by atoms with E-state index >= 15 is 0 Å². The molecule has 3 aromatic rings. The Morgan fingerprint density at radius 3 is 2.94 bits per heavy atom. The van der Waals surface area contributed by atoms with Gasteiger partial charge in [0.2, 0.25) is 0 Å². The summed E-state index contributed by atoms with van der Waals surface area (Å²) in [6, 6.07) is 10.3. The first-order valence-corrected chi connectivity index (χ1v) is 5.88. The highest BCUT2D eigenvalue weighted by Crippen LogP contribution is 2.17. The van der Waals surface area contributed by atoms with Crippen LogP contribution in [0.25, 0.3) is 10.9 Å². The fraction of sp³-hybridized carbons (Fsp3) is 0.143. The SMILES string of the molecule is Cn1cc(NCc2cccc3cccnc23)cn1. The lowest BCUT2D eigenvalue weighted by molar-refractivity contribution is 0.768. The van der Waals surface area contributed by atoms with Gasteiger partial charge in [0.1, 0.15) is 0 Å². The summed E-state index contributed by atoms with van der Waals surface area (Å²) in [4.78, 5) is 4.44. The van der Waals surface area contributed by atoms with Gasteiger partial charge in [0.25, 0.3) is 0 Å². The maximum absolute atomic E-state index is 4.44. The van der Waals surface area contributed by atoms with Crippen molar-refractivity contribution in [2.24, 2.45) is 7.05 Å². The van der Waals surface area contributed by atoms with E-state index in [-0.39, 0.29) is 0 Å².